The predicted octanol–water partition coefficient (Wildman–Crippen LogP) is 3.17. The molecule has 2 aliphatic rings. The highest BCUT2D eigenvalue weighted by Gasteiger charge is 2.16. The molecule has 0 bridgehead atoms. The Labute approximate surface area is 155 Å². The number of carbonyl (C=O) groups is 1. The van der Waals surface area contributed by atoms with Gasteiger partial charge in [-0.2, -0.15) is 0 Å². The molecule has 134 valence electrons. The molecule has 26 heavy (non-hydrogen) atoms. The van der Waals surface area contributed by atoms with Gasteiger partial charge >= 0.3 is 0 Å². The van der Waals surface area contributed by atoms with Crippen molar-refractivity contribution in [2.75, 3.05) is 20.0 Å². The minimum Gasteiger partial charge on any atom is -0.486 e. The van der Waals surface area contributed by atoms with E-state index in [0.717, 1.165) is 16.9 Å². The highest BCUT2D eigenvalue weighted by Crippen LogP contribution is 2.38. The highest BCUT2D eigenvalue weighted by molar-refractivity contribution is 6.32. The Morgan fingerprint density at radius 1 is 1.04 bits per heavy atom. The summed E-state index contributed by atoms with van der Waals surface area (Å²) in [6, 6.07) is 9.10. The first-order chi connectivity index (χ1) is 12.7. The molecule has 2 aromatic rings. The lowest BCUT2D eigenvalue weighted by molar-refractivity contribution is -0.116. The lowest BCUT2D eigenvalue weighted by Crippen LogP contribution is -2.20. The molecular weight excluding hydrogens is 358 g/mol. The van der Waals surface area contributed by atoms with Gasteiger partial charge in [0.2, 0.25) is 12.7 Å². The van der Waals surface area contributed by atoms with Crippen LogP contribution in [0.2, 0.25) is 5.02 Å². The molecule has 0 saturated carbocycles. The number of rotatable bonds is 4. The van der Waals surface area contributed by atoms with Crippen LogP contribution in [0.5, 0.6) is 23.0 Å². The maximum absolute atomic E-state index is 12.1. The third-order valence-corrected chi connectivity index (χ3v) is 4.23. The van der Waals surface area contributed by atoms with Gasteiger partial charge in [0, 0.05) is 12.6 Å². The SMILES string of the molecule is O=C(/C=C/c1cc(Cl)c2c(c1)OCCO2)NCc1ccc2c(c1)OCO2. The fourth-order valence-electron chi connectivity index (χ4n) is 2.70. The van der Waals surface area contributed by atoms with Crippen LogP contribution in [0.4, 0.5) is 0 Å². The Morgan fingerprint density at radius 2 is 1.88 bits per heavy atom. The van der Waals surface area contributed by atoms with E-state index in [1.54, 1.807) is 18.2 Å². The number of hydrogen-bond donors (Lipinski definition) is 1. The summed E-state index contributed by atoms with van der Waals surface area (Å²) in [5.41, 5.74) is 1.69. The number of nitrogens with one attached hydrogen (secondary N) is 1. The predicted molar refractivity (Wildman–Crippen MR) is 95.9 cm³/mol. The maximum Gasteiger partial charge on any atom is 0.244 e. The number of amides is 1. The molecule has 0 unspecified atom stereocenters. The van der Waals surface area contributed by atoms with Gasteiger partial charge in [0.1, 0.15) is 13.2 Å². The van der Waals surface area contributed by atoms with Crippen LogP contribution in [0.25, 0.3) is 6.08 Å². The van der Waals surface area contributed by atoms with Gasteiger partial charge in [-0.3, -0.25) is 4.79 Å². The number of ether oxygens (including phenoxy) is 4. The van der Waals surface area contributed by atoms with Crippen LogP contribution < -0.4 is 24.3 Å². The lowest BCUT2D eigenvalue weighted by atomic mass is 10.1. The Morgan fingerprint density at radius 3 is 2.81 bits per heavy atom. The van der Waals surface area contributed by atoms with Crippen LogP contribution in [0.3, 0.4) is 0 Å². The molecule has 0 aliphatic carbocycles. The topological polar surface area (TPSA) is 66.0 Å². The van der Waals surface area contributed by atoms with Crippen LogP contribution in [0.15, 0.2) is 36.4 Å². The first-order valence-electron chi connectivity index (χ1n) is 8.12. The number of fused-ring (bicyclic) bond motifs is 2. The van der Waals surface area contributed by atoms with Crippen LogP contribution in [0.1, 0.15) is 11.1 Å². The van der Waals surface area contributed by atoms with Crippen molar-refractivity contribution in [2.45, 2.75) is 6.54 Å². The summed E-state index contributed by atoms with van der Waals surface area (Å²) in [5.74, 6) is 2.33. The molecular formula is C19H16ClNO5. The van der Waals surface area contributed by atoms with E-state index in [1.165, 1.54) is 6.08 Å². The van der Waals surface area contributed by atoms with Crippen LogP contribution in [-0.4, -0.2) is 25.9 Å². The average Bonchev–Trinajstić information content (AvgIpc) is 3.12. The van der Waals surface area contributed by atoms with E-state index < -0.39 is 0 Å². The molecule has 6 nitrogen and oxygen atoms in total. The van der Waals surface area contributed by atoms with Crippen LogP contribution in [0, 0.1) is 0 Å². The summed E-state index contributed by atoms with van der Waals surface area (Å²) in [5, 5.41) is 3.29. The summed E-state index contributed by atoms with van der Waals surface area (Å²) < 4.78 is 21.6. The monoisotopic (exact) mass is 373 g/mol. The van der Waals surface area contributed by atoms with Gasteiger partial charge in [0.15, 0.2) is 23.0 Å². The van der Waals surface area contributed by atoms with Gasteiger partial charge < -0.3 is 24.3 Å². The smallest absolute Gasteiger partial charge is 0.244 e. The number of carbonyl (C=O) groups excluding carboxylic acids is 1. The Balaban J connectivity index is 1.38. The third kappa shape index (κ3) is 3.55. The van der Waals surface area contributed by atoms with Crippen LogP contribution >= 0.6 is 11.6 Å². The van der Waals surface area contributed by atoms with Gasteiger partial charge in [-0.1, -0.05) is 17.7 Å². The molecule has 0 radical (unpaired) electrons. The summed E-state index contributed by atoms with van der Waals surface area (Å²) in [6.45, 7) is 1.57. The van der Waals surface area contributed by atoms with E-state index in [4.69, 9.17) is 30.5 Å². The van der Waals surface area contributed by atoms with Crippen molar-refractivity contribution in [3.8, 4) is 23.0 Å². The minimum absolute atomic E-state index is 0.214. The molecule has 0 spiro atoms. The summed E-state index contributed by atoms with van der Waals surface area (Å²) in [4.78, 5) is 12.1. The number of halogens is 1. The Hall–Kier alpha value is -2.86. The zero-order chi connectivity index (χ0) is 17.9. The van der Waals surface area contributed by atoms with Crippen molar-refractivity contribution in [2.24, 2.45) is 0 Å². The minimum atomic E-state index is -0.214. The van der Waals surface area contributed by atoms with E-state index in [-0.39, 0.29) is 12.7 Å². The van der Waals surface area contributed by atoms with E-state index in [1.807, 2.05) is 18.2 Å². The molecule has 0 fully saturated rings. The van der Waals surface area contributed by atoms with Gasteiger partial charge in [0.25, 0.3) is 0 Å². The maximum atomic E-state index is 12.1. The fourth-order valence-corrected chi connectivity index (χ4v) is 2.97. The van der Waals surface area contributed by atoms with E-state index in [2.05, 4.69) is 5.32 Å². The van der Waals surface area contributed by atoms with Crippen molar-refractivity contribution < 1.29 is 23.7 Å². The van der Waals surface area contributed by atoms with Crippen molar-refractivity contribution in [1.82, 2.24) is 5.32 Å². The van der Waals surface area contributed by atoms with Crippen molar-refractivity contribution in [1.29, 1.82) is 0 Å². The molecule has 4 rings (SSSR count). The van der Waals surface area contributed by atoms with E-state index in [0.29, 0.717) is 42.0 Å². The molecule has 0 saturated heterocycles. The second-order valence-corrected chi connectivity index (χ2v) is 6.17. The van der Waals surface area contributed by atoms with Crippen molar-refractivity contribution in [3.63, 3.8) is 0 Å². The summed E-state index contributed by atoms with van der Waals surface area (Å²) in [6.07, 6.45) is 3.13. The average molecular weight is 374 g/mol. The highest BCUT2D eigenvalue weighted by atomic mass is 35.5. The molecule has 2 heterocycles. The second-order valence-electron chi connectivity index (χ2n) is 5.77. The molecule has 1 amide bonds. The zero-order valence-corrected chi connectivity index (χ0v) is 14.5. The van der Waals surface area contributed by atoms with Gasteiger partial charge in [0.05, 0.1) is 5.02 Å². The quantitative estimate of drug-likeness (QED) is 0.834. The zero-order valence-electron chi connectivity index (χ0n) is 13.8. The molecule has 1 N–H and O–H groups in total. The molecule has 0 aromatic heterocycles. The molecule has 7 heteroatoms. The molecule has 0 atom stereocenters. The largest absolute Gasteiger partial charge is 0.486 e. The number of hydrogen-bond acceptors (Lipinski definition) is 5. The fraction of sp³-hybridized carbons (Fsp3) is 0.211. The second kappa shape index (κ2) is 7.17. The first-order valence-corrected chi connectivity index (χ1v) is 8.50. The van der Waals surface area contributed by atoms with Gasteiger partial charge in [-0.25, -0.2) is 0 Å². The van der Waals surface area contributed by atoms with E-state index in [9.17, 15) is 4.79 Å². The molecule has 2 aliphatic heterocycles. The summed E-state index contributed by atoms with van der Waals surface area (Å²) >= 11 is 6.19. The lowest BCUT2D eigenvalue weighted by Gasteiger charge is -2.19. The standard InChI is InChI=1S/C19H16ClNO5/c20-14-7-12(8-17-19(14)24-6-5-23-17)2-4-18(22)21-10-13-1-3-15-16(9-13)26-11-25-15/h1-4,7-9H,5-6,10-11H2,(H,21,22)/b4-2+. The Bertz CT molecular complexity index is 880. The van der Waals surface area contributed by atoms with Crippen LogP contribution in [-0.2, 0) is 11.3 Å². The Kier molecular flexibility index (Phi) is 4.58. The summed E-state index contributed by atoms with van der Waals surface area (Å²) in [7, 11) is 0. The van der Waals surface area contributed by atoms with Crippen molar-refractivity contribution >= 4 is 23.6 Å². The van der Waals surface area contributed by atoms with Gasteiger partial charge in [-0.05, 0) is 41.5 Å². The number of benzene rings is 2. The van der Waals surface area contributed by atoms with E-state index >= 15 is 0 Å². The normalized spacial score (nSPS) is 14.5. The third-order valence-electron chi connectivity index (χ3n) is 3.95. The first kappa shape index (κ1) is 16.6. The molecule has 2 aromatic carbocycles. The van der Waals surface area contributed by atoms with Crippen molar-refractivity contribution in [3.05, 3.63) is 52.6 Å². The van der Waals surface area contributed by atoms with Gasteiger partial charge in [-0.15, -0.1) is 0 Å².